The fourth-order valence-corrected chi connectivity index (χ4v) is 4.26. The van der Waals surface area contributed by atoms with Gasteiger partial charge in [0.05, 0.1) is 18.8 Å². The first kappa shape index (κ1) is 19.9. The molecule has 26 heavy (non-hydrogen) atoms. The number of aliphatic imine (C=N–C) groups is 1. The number of rotatable bonds is 7. The molecule has 0 spiro atoms. The van der Waals surface area contributed by atoms with Gasteiger partial charge < -0.3 is 24.6 Å². The zero-order chi connectivity index (χ0) is 18.0. The maximum atomic E-state index is 6.12. The molecule has 3 aliphatic heterocycles. The van der Waals surface area contributed by atoms with E-state index in [4.69, 9.17) is 9.47 Å². The number of nitrogens with zero attached hydrogens (tertiary/aromatic N) is 3. The van der Waals surface area contributed by atoms with E-state index in [1.54, 1.807) is 0 Å². The van der Waals surface area contributed by atoms with Gasteiger partial charge in [-0.2, -0.15) is 0 Å². The summed E-state index contributed by atoms with van der Waals surface area (Å²) < 4.78 is 11.9. The van der Waals surface area contributed by atoms with Gasteiger partial charge in [-0.3, -0.25) is 4.99 Å². The summed E-state index contributed by atoms with van der Waals surface area (Å²) in [7, 11) is 1.89. The van der Waals surface area contributed by atoms with E-state index >= 15 is 0 Å². The summed E-state index contributed by atoms with van der Waals surface area (Å²) in [5, 5.41) is 3.55. The lowest BCUT2D eigenvalue weighted by molar-refractivity contribution is -0.0721. The molecule has 3 saturated heterocycles. The Hall–Kier alpha value is -0.850. The van der Waals surface area contributed by atoms with Gasteiger partial charge in [-0.05, 0) is 71.0 Å². The van der Waals surface area contributed by atoms with Gasteiger partial charge in [0.1, 0.15) is 0 Å². The van der Waals surface area contributed by atoms with E-state index in [-0.39, 0.29) is 0 Å². The Balaban J connectivity index is 1.28. The van der Waals surface area contributed by atoms with Gasteiger partial charge in [0.2, 0.25) is 0 Å². The molecule has 3 fully saturated rings. The average molecular weight is 367 g/mol. The lowest BCUT2D eigenvalue weighted by Crippen LogP contribution is -2.47. The van der Waals surface area contributed by atoms with Crippen molar-refractivity contribution in [2.24, 2.45) is 4.99 Å². The Kier molecular flexibility index (Phi) is 8.49. The highest BCUT2D eigenvalue weighted by molar-refractivity contribution is 5.79. The summed E-state index contributed by atoms with van der Waals surface area (Å²) in [6.07, 6.45) is 10.5. The van der Waals surface area contributed by atoms with Crippen LogP contribution in [0.5, 0.6) is 0 Å². The van der Waals surface area contributed by atoms with Gasteiger partial charge in [0.15, 0.2) is 5.96 Å². The van der Waals surface area contributed by atoms with Crippen LogP contribution >= 0.6 is 0 Å². The molecule has 0 aromatic carbocycles. The Morgan fingerprint density at radius 2 is 1.88 bits per heavy atom. The second kappa shape index (κ2) is 11.1. The van der Waals surface area contributed by atoms with Gasteiger partial charge >= 0.3 is 0 Å². The fourth-order valence-electron chi connectivity index (χ4n) is 4.26. The fraction of sp³-hybridized carbons (Fsp3) is 0.950. The largest absolute Gasteiger partial charge is 0.376 e. The zero-order valence-corrected chi connectivity index (χ0v) is 16.6. The van der Waals surface area contributed by atoms with Crippen molar-refractivity contribution in [3.05, 3.63) is 0 Å². The summed E-state index contributed by atoms with van der Waals surface area (Å²) >= 11 is 0. The first-order chi connectivity index (χ1) is 12.8. The number of nitrogens with one attached hydrogen (secondary N) is 1. The number of ether oxygens (including phenoxy) is 2. The highest BCUT2D eigenvalue weighted by atomic mass is 16.5. The van der Waals surface area contributed by atoms with E-state index in [0.29, 0.717) is 12.2 Å². The molecule has 6 heteroatoms. The van der Waals surface area contributed by atoms with E-state index in [1.807, 2.05) is 7.05 Å². The summed E-state index contributed by atoms with van der Waals surface area (Å²) in [5.74, 6) is 1.06. The normalized spacial score (nSPS) is 26.4. The van der Waals surface area contributed by atoms with Crippen molar-refractivity contribution in [2.45, 2.75) is 63.6 Å². The second-order valence-corrected chi connectivity index (χ2v) is 7.88. The number of guanidine groups is 1. The lowest BCUT2D eigenvalue weighted by Gasteiger charge is -2.35. The predicted octanol–water partition coefficient (Wildman–Crippen LogP) is 2.10. The monoisotopic (exact) mass is 366 g/mol. The lowest BCUT2D eigenvalue weighted by atomic mass is 10.1. The molecule has 0 aromatic rings. The molecule has 0 saturated carbocycles. The summed E-state index contributed by atoms with van der Waals surface area (Å²) in [4.78, 5) is 9.44. The van der Waals surface area contributed by atoms with Crippen molar-refractivity contribution in [2.75, 3.05) is 59.5 Å². The standard InChI is InChI=1S/C20H38N4O2/c1-21-20(22-10-6-13-23-11-3-4-12-23)24-14-8-18(9-15-24)26-17-19-7-2-5-16-25-19/h18-19H,2-17H2,1H3,(H,21,22). The zero-order valence-electron chi connectivity index (χ0n) is 16.6. The van der Waals surface area contributed by atoms with Gasteiger partial charge in [-0.1, -0.05) is 0 Å². The molecule has 0 radical (unpaired) electrons. The maximum absolute atomic E-state index is 6.12. The van der Waals surface area contributed by atoms with Gasteiger partial charge in [-0.15, -0.1) is 0 Å². The van der Waals surface area contributed by atoms with E-state index in [0.717, 1.165) is 58.1 Å². The quantitative estimate of drug-likeness (QED) is 0.425. The van der Waals surface area contributed by atoms with Crippen molar-refractivity contribution in [3.8, 4) is 0 Å². The van der Waals surface area contributed by atoms with Gasteiger partial charge in [0.25, 0.3) is 0 Å². The van der Waals surface area contributed by atoms with Gasteiger partial charge in [0, 0.05) is 33.3 Å². The molecular formula is C20H38N4O2. The number of hydrogen-bond acceptors (Lipinski definition) is 4. The van der Waals surface area contributed by atoms with E-state index in [1.165, 1.54) is 51.7 Å². The predicted molar refractivity (Wildman–Crippen MR) is 106 cm³/mol. The Morgan fingerprint density at radius 1 is 1.08 bits per heavy atom. The maximum Gasteiger partial charge on any atom is 0.193 e. The third-order valence-corrected chi connectivity index (χ3v) is 5.88. The third kappa shape index (κ3) is 6.39. The van der Waals surface area contributed by atoms with Crippen molar-refractivity contribution >= 4 is 5.96 Å². The van der Waals surface area contributed by atoms with Crippen LogP contribution in [0, 0.1) is 0 Å². The Labute approximate surface area is 159 Å². The molecule has 0 amide bonds. The molecule has 0 aliphatic carbocycles. The highest BCUT2D eigenvalue weighted by Gasteiger charge is 2.23. The minimum atomic E-state index is 0.326. The summed E-state index contributed by atoms with van der Waals surface area (Å²) in [5.41, 5.74) is 0. The van der Waals surface area contributed by atoms with Crippen LogP contribution < -0.4 is 5.32 Å². The molecular weight excluding hydrogens is 328 g/mol. The van der Waals surface area contributed by atoms with E-state index < -0.39 is 0 Å². The van der Waals surface area contributed by atoms with E-state index in [2.05, 4.69) is 20.1 Å². The molecule has 1 atom stereocenters. The number of hydrogen-bond donors (Lipinski definition) is 1. The Bertz CT molecular complexity index is 412. The minimum Gasteiger partial charge on any atom is -0.376 e. The van der Waals surface area contributed by atoms with Crippen LogP contribution in [0.15, 0.2) is 4.99 Å². The van der Waals surface area contributed by atoms with Crippen LogP contribution in [0.25, 0.3) is 0 Å². The second-order valence-electron chi connectivity index (χ2n) is 7.88. The molecule has 0 aromatic heterocycles. The molecule has 3 rings (SSSR count). The van der Waals surface area contributed by atoms with Gasteiger partial charge in [-0.25, -0.2) is 0 Å². The molecule has 150 valence electrons. The van der Waals surface area contributed by atoms with Crippen LogP contribution in [0.2, 0.25) is 0 Å². The smallest absolute Gasteiger partial charge is 0.193 e. The summed E-state index contributed by atoms with van der Waals surface area (Å²) in [6.45, 7) is 8.54. The highest BCUT2D eigenvalue weighted by Crippen LogP contribution is 2.18. The molecule has 3 heterocycles. The van der Waals surface area contributed by atoms with Crippen LogP contribution in [0.4, 0.5) is 0 Å². The SMILES string of the molecule is CN=C(NCCCN1CCCC1)N1CCC(OCC2CCCCO2)CC1. The minimum absolute atomic E-state index is 0.326. The van der Waals surface area contributed by atoms with Crippen LogP contribution in [0.1, 0.15) is 51.4 Å². The van der Waals surface area contributed by atoms with Crippen LogP contribution in [0.3, 0.4) is 0 Å². The third-order valence-electron chi connectivity index (χ3n) is 5.88. The number of likely N-dealkylation sites (tertiary alicyclic amines) is 2. The first-order valence-corrected chi connectivity index (χ1v) is 10.8. The molecule has 0 bridgehead atoms. The van der Waals surface area contributed by atoms with Crippen molar-refractivity contribution < 1.29 is 9.47 Å². The van der Waals surface area contributed by atoms with Crippen LogP contribution in [-0.2, 0) is 9.47 Å². The topological polar surface area (TPSA) is 49.3 Å². The molecule has 1 N–H and O–H groups in total. The average Bonchev–Trinajstić information content (AvgIpc) is 3.21. The molecule has 3 aliphatic rings. The summed E-state index contributed by atoms with van der Waals surface area (Å²) in [6, 6.07) is 0. The van der Waals surface area contributed by atoms with Crippen LogP contribution in [-0.4, -0.2) is 87.5 Å². The molecule has 1 unspecified atom stereocenters. The van der Waals surface area contributed by atoms with Crippen molar-refractivity contribution in [1.29, 1.82) is 0 Å². The number of piperidine rings is 1. The first-order valence-electron chi connectivity index (χ1n) is 10.8. The molecule has 6 nitrogen and oxygen atoms in total. The van der Waals surface area contributed by atoms with Crippen molar-refractivity contribution in [1.82, 2.24) is 15.1 Å². The Morgan fingerprint density at radius 3 is 2.58 bits per heavy atom. The van der Waals surface area contributed by atoms with E-state index in [9.17, 15) is 0 Å². The van der Waals surface area contributed by atoms with Crippen molar-refractivity contribution in [3.63, 3.8) is 0 Å².